The van der Waals surface area contributed by atoms with Gasteiger partial charge >= 0.3 is 5.97 Å². The van der Waals surface area contributed by atoms with E-state index < -0.39 is 12.1 Å². The molecular formula is C34H32N2O3. The minimum absolute atomic E-state index is 0.450. The van der Waals surface area contributed by atoms with Gasteiger partial charge in [0.2, 0.25) is 0 Å². The van der Waals surface area contributed by atoms with Gasteiger partial charge in [0.15, 0.2) is 0 Å². The molecule has 1 heterocycles. The van der Waals surface area contributed by atoms with Crippen molar-refractivity contribution in [3.63, 3.8) is 0 Å². The van der Waals surface area contributed by atoms with Crippen LogP contribution in [0, 0.1) is 6.92 Å². The number of allylic oxidation sites excluding steroid dienone is 1. The number of carbonyl (C=O) groups is 1. The summed E-state index contributed by atoms with van der Waals surface area (Å²) >= 11 is 0. The van der Waals surface area contributed by atoms with Crippen molar-refractivity contribution in [2.75, 3.05) is 0 Å². The fraction of sp³-hybridized carbons (Fsp3) is 0.176. The van der Waals surface area contributed by atoms with E-state index in [1.807, 2.05) is 55.5 Å². The minimum atomic E-state index is -0.721. The lowest BCUT2D eigenvalue weighted by atomic mass is 9.96. The smallest absolute Gasteiger partial charge is 0.365 e. The summed E-state index contributed by atoms with van der Waals surface area (Å²) in [4.78, 5) is 17.9. The maximum Gasteiger partial charge on any atom is 0.365 e. The number of nitrogens with zero attached hydrogens (tertiary/aromatic N) is 2. The van der Waals surface area contributed by atoms with E-state index in [0.717, 1.165) is 50.6 Å². The number of aromatic nitrogens is 1. The van der Waals surface area contributed by atoms with Crippen LogP contribution in [0.3, 0.4) is 0 Å². The maximum atomic E-state index is 12.5. The number of hydrogen-bond acceptors (Lipinski definition) is 4. The molecule has 5 nitrogen and oxygen atoms in total. The topological polar surface area (TPSA) is 63.8 Å². The largest absolute Gasteiger partial charge is 0.384 e. The maximum absolute atomic E-state index is 12.5. The number of aryl methyl sites for hydroxylation is 2. The van der Waals surface area contributed by atoms with Crippen molar-refractivity contribution in [1.82, 2.24) is 4.57 Å². The van der Waals surface area contributed by atoms with Crippen LogP contribution in [-0.2, 0) is 11.4 Å². The summed E-state index contributed by atoms with van der Waals surface area (Å²) in [7, 11) is 0. The average Bonchev–Trinajstić information content (AvgIpc) is 3.29. The lowest BCUT2D eigenvalue weighted by Crippen LogP contribution is -2.06. The van der Waals surface area contributed by atoms with Crippen molar-refractivity contribution in [1.29, 1.82) is 0 Å². The van der Waals surface area contributed by atoms with E-state index in [0.29, 0.717) is 24.1 Å². The van der Waals surface area contributed by atoms with Crippen molar-refractivity contribution in [3.05, 3.63) is 131 Å². The molecule has 0 fully saturated rings. The van der Waals surface area contributed by atoms with Crippen molar-refractivity contribution >= 4 is 33.5 Å². The van der Waals surface area contributed by atoms with Crippen LogP contribution in [0.2, 0.25) is 0 Å². The molecule has 0 aliphatic carbocycles. The van der Waals surface area contributed by atoms with Crippen LogP contribution in [0.25, 0.3) is 21.8 Å². The number of oxime groups is 1. The van der Waals surface area contributed by atoms with E-state index in [1.165, 1.54) is 0 Å². The SMILES string of the molecule is C=CCC/C(=N\OC(=O)c1ccccc1)c1ccc2c(c1)c1cc(C(O)c3ccccc3C)ccc1n2CC. The predicted molar refractivity (Wildman–Crippen MR) is 158 cm³/mol. The third-order valence-corrected chi connectivity index (χ3v) is 7.17. The first kappa shape index (κ1) is 26.1. The highest BCUT2D eigenvalue weighted by Gasteiger charge is 2.17. The Hall–Kier alpha value is -4.48. The lowest BCUT2D eigenvalue weighted by molar-refractivity contribution is 0.0515. The summed E-state index contributed by atoms with van der Waals surface area (Å²) in [5.74, 6) is -0.495. The Morgan fingerprint density at radius 1 is 0.949 bits per heavy atom. The number of hydrogen-bond donors (Lipinski definition) is 1. The molecule has 0 aliphatic rings. The Bertz CT molecular complexity index is 1680. The molecular weight excluding hydrogens is 484 g/mol. The highest BCUT2D eigenvalue weighted by atomic mass is 16.7. The normalized spacial score (nSPS) is 12.5. The summed E-state index contributed by atoms with van der Waals surface area (Å²) < 4.78 is 2.27. The number of aliphatic hydroxyl groups excluding tert-OH is 1. The molecule has 4 aromatic carbocycles. The molecule has 1 atom stereocenters. The lowest BCUT2D eigenvalue weighted by Gasteiger charge is -2.14. The molecule has 1 unspecified atom stereocenters. The highest BCUT2D eigenvalue weighted by Crippen LogP contribution is 2.34. The molecule has 196 valence electrons. The number of fused-ring (bicyclic) bond motifs is 3. The van der Waals surface area contributed by atoms with Crippen LogP contribution < -0.4 is 0 Å². The molecule has 0 spiro atoms. The van der Waals surface area contributed by atoms with Gasteiger partial charge in [0, 0.05) is 33.9 Å². The van der Waals surface area contributed by atoms with Gasteiger partial charge in [-0.25, -0.2) is 4.79 Å². The van der Waals surface area contributed by atoms with E-state index in [2.05, 4.69) is 47.5 Å². The quantitative estimate of drug-likeness (QED) is 0.0943. The van der Waals surface area contributed by atoms with Crippen molar-refractivity contribution in [2.24, 2.45) is 5.16 Å². The Labute approximate surface area is 228 Å². The van der Waals surface area contributed by atoms with Gasteiger partial charge in [-0.1, -0.05) is 65.8 Å². The molecule has 39 heavy (non-hydrogen) atoms. The summed E-state index contributed by atoms with van der Waals surface area (Å²) in [6.07, 6.45) is 2.39. The summed E-state index contributed by atoms with van der Waals surface area (Å²) in [5.41, 5.74) is 7.00. The fourth-order valence-corrected chi connectivity index (χ4v) is 5.09. The van der Waals surface area contributed by atoms with E-state index in [9.17, 15) is 9.90 Å². The molecule has 1 N–H and O–H groups in total. The molecule has 5 heteroatoms. The molecule has 0 saturated heterocycles. The average molecular weight is 517 g/mol. The molecule has 5 aromatic rings. The van der Waals surface area contributed by atoms with Crippen molar-refractivity contribution < 1.29 is 14.7 Å². The second kappa shape index (κ2) is 11.5. The Morgan fingerprint density at radius 2 is 1.64 bits per heavy atom. The number of aliphatic hydroxyl groups is 1. The summed E-state index contributed by atoms with van der Waals surface area (Å²) in [5, 5.41) is 17.6. The molecule has 0 radical (unpaired) electrons. The number of carbonyl (C=O) groups excluding carboxylic acids is 1. The van der Waals surface area contributed by atoms with Crippen LogP contribution >= 0.6 is 0 Å². The second-order valence-electron chi connectivity index (χ2n) is 9.62. The van der Waals surface area contributed by atoms with E-state index in [4.69, 9.17) is 4.84 Å². The molecule has 0 bridgehead atoms. The zero-order valence-electron chi connectivity index (χ0n) is 22.3. The third kappa shape index (κ3) is 5.27. The highest BCUT2D eigenvalue weighted by molar-refractivity contribution is 6.12. The van der Waals surface area contributed by atoms with Gasteiger partial charge in [-0.05, 0) is 79.8 Å². The Kier molecular flexibility index (Phi) is 7.71. The summed E-state index contributed by atoms with van der Waals surface area (Å²) in [6.45, 7) is 8.80. The zero-order valence-corrected chi connectivity index (χ0v) is 22.3. The third-order valence-electron chi connectivity index (χ3n) is 7.17. The van der Waals surface area contributed by atoms with Gasteiger partial charge in [-0.3, -0.25) is 0 Å². The van der Waals surface area contributed by atoms with Crippen molar-refractivity contribution in [3.8, 4) is 0 Å². The van der Waals surface area contributed by atoms with Gasteiger partial charge in [-0.2, -0.15) is 0 Å². The number of rotatable bonds is 9. The molecule has 0 aliphatic heterocycles. The standard InChI is InChI=1S/C34H32N2O3/c1-4-6-16-30(35-39-34(38)24-13-8-7-9-14-24)25-17-19-31-28(21-25)29-22-26(18-20-32(29)36(31)5-2)33(37)27-15-11-10-12-23(27)3/h4,7-15,17-22,33,37H,1,5-6,16H2,2-3H3/b35-30+. The van der Waals surface area contributed by atoms with Gasteiger partial charge in [-0.15, -0.1) is 6.58 Å². The number of benzene rings is 4. The van der Waals surface area contributed by atoms with Crippen molar-refractivity contribution in [2.45, 2.75) is 39.3 Å². The Balaban J connectivity index is 1.58. The fourth-order valence-electron chi connectivity index (χ4n) is 5.09. The molecule has 0 saturated carbocycles. The minimum Gasteiger partial charge on any atom is -0.384 e. The van der Waals surface area contributed by atoms with E-state index >= 15 is 0 Å². The van der Waals surface area contributed by atoms with E-state index in [1.54, 1.807) is 24.3 Å². The van der Waals surface area contributed by atoms with Gasteiger partial charge in [0.05, 0.1) is 11.3 Å². The first-order chi connectivity index (χ1) is 19.0. The van der Waals surface area contributed by atoms with Crippen LogP contribution in [0.5, 0.6) is 0 Å². The summed E-state index contributed by atoms with van der Waals surface area (Å²) in [6, 6.07) is 29.2. The second-order valence-corrected chi connectivity index (χ2v) is 9.62. The van der Waals surface area contributed by atoms with Crippen LogP contribution in [-0.4, -0.2) is 21.4 Å². The van der Waals surface area contributed by atoms with Gasteiger partial charge in [0.25, 0.3) is 0 Å². The zero-order chi connectivity index (χ0) is 27.4. The first-order valence-corrected chi connectivity index (χ1v) is 13.3. The monoisotopic (exact) mass is 516 g/mol. The molecule has 1 aromatic heterocycles. The molecule has 5 rings (SSSR count). The predicted octanol–water partition coefficient (Wildman–Crippen LogP) is 7.73. The van der Waals surface area contributed by atoms with Crippen LogP contribution in [0.4, 0.5) is 0 Å². The first-order valence-electron chi connectivity index (χ1n) is 13.3. The Morgan fingerprint density at radius 3 is 2.36 bits per heavy atom. The molecule has 0 amide bonds. The van der Waals surface area contributed by atoms with Crippen LogP contribution in [0.15, 0.2) is 109 Å². The van der Waals surface area contributed by atoms with Gasteiger partial charge < -0.3 is 14.5 Å². The van der Waals surface area contributed by atoms with E-state index in [-0.39, 0.29) is 0 Å². The van der Waals surface area contributed by atoms with Gasteiger partial charge in [0.1, 0.15) is 6.10 Å². The van der Waals surface area contributed by atoms with Crippen LogP contribution in [0.1, 0.15) is 58.5 Å².